The Labute approximate surface area is 149 Å². The molecule has 0 aromatic carbocycles. The van der Waals surface area contributed by atoms with E-state index in [2.05, 4.69) is 30.5 Å². The highest BCUT2D eigenvalue weighted by molar-refractivity contribution is 5.47. The lowest BCUT2D eigenvalue weighted by atomic mass is 10.0. The number of nitrogens with zero attached hydrogens (tertiary/aromatic N) is 7. The molecule has 26 heavy (non-hydrogen) atoms. The Balaban J connectivity index is 1.21. The van der Waals surface area contributed by atoms with Crippen molar-refractivity contribution in [1.82, 2.24) is 29.4 Å². The normalized spacial score (nSPS) is 17.5. The third-order valence-corrected chi connectivity index (χ3v) is 5.05. The van der Waals surface area contributed by atoms with E-state index < -0.39 is 0 Å². The van der Waals surface area contributed by atoms with Gasteiger partial charge < -0.3 is 14.8 Å². The SMILES string of the molecule is Cc1nnc2ccc(N3CC(CNc4nccn(C5CC5)c4=O)C3)nn12. The fourth-order valence-electron chi connectivity index (χ4n) is 3.37. The molecule has 9 heteroatoms. The van der Waals surface area contributed by atoms with Gasteiger partial charge in [-0.15, -0.1) is 15.3 Å². The summed E-state index contributed by atoms with van der Waals surface area (Å²) in [6, 6.07) is 4.27. The third-order valence-electron chi connectivity index (χ3n) is 5.05. The molecule has 1 aliphatic carbocycles. The zero-order valence-corrected chi connectivity index (χ0v) is 14.5. The number of nitrogens with one attached hydrogen (secondary N) is 1. The standard InChI is InChI=1S/C17H20N8O/c1-11-20-21-14-4-5-15(22-25(11)14)23-9-12(10-23)8-19-16-17(26)24(7-6-18-16)13-2-3-13/h4-7,12-13H,2-3,8-10H2,1H3,(H,18,19). The zero-order chi connectivity index (χ0) is 17.7. The van der Waals surface area contributed by atoms with E-state index in [4.69, 9.17) is 0 Å². The molecule has 5 rings (SSSR count). The lowest BCUT2D eigenvalue weighted by molar-refractivity contribution is 0.424. The molecule has 9 nitrogen and oxygen atoms in total. The van der Waals surface area contributed by atoms with Crippen LogP contribution in [0.3, 0.4) is 0 Å². The molecule has 0 unspecified atom stereocenters. The second-order valence-electron chi connectivity index (χ2n) is 7.08. The predicted molar refractivity (Wildman–Crippen MR) is 96.5 cm³/mol. The van der Waals surface area contributed by atoms with Gasteiger partial charge in [-0.1, -0.05) is 0 Å². The van der Waals surface area contributed by atoms with Crippen LogP contribution in [0.1, 0.15) is 24.7 Å². The van der Waals surface area contributed by atoms with Crippen molar-refractivity contribution in [3.63, 3.8) is 0 Å². The van der Waals surface area contributed by atoms with Crippen molar-refractivity contribution in [1.29, 1.82) is 0 Å². The van der Waals surface area contributed by atoms with Crippen molar-refractivity contribution in [2.75, 3.05) is 29.9 Å². The number of rotatable bonds is 5. The Morgan fingerprint density at radius 2 is 2.08 bits per heavy atom. The molecule has 134 valence electrons. The molecular formula is C17H20N8O. The lowest BCUT2D eigenvalue weighted by Crippen LogP contribution is -2.50. The molecule has 1 aliphatic heterocycles. The quantitative estimate of drug-likeness (QED) is 0.728. The molecule has 1 saturated carbocycles. The summed E-state index contributed by atoms with van der Waals surface area (Å²) in [6.45, 7) is 4.43. The molecule has 2 aliphatic rings. The van der Waals surface area contributed by atoms with Crippen molar-refractivity contribution >= 4 is 17.3 Å². The van der Waals surface area contributed by atoms with Crippen LogP contribution in [-0.4, -0.2) is 49.0 Å². The highest BCUT2D eigenvalue weighted by atomic mass is 16.1. The summed E-state index contributed by atoms with van der Waals surface area (Å²) in [6.07, 6.45) is 5.66. The summed E-state index contributed by atoms with van der Waals surface area (Å²) < 4.78 is 3.55. The average Bonchev–Trinajstić information content (AvgIpc) is 3.39. The number of fused-ring (bicyclic) bond motifs is 1. The van der Waals surface area contributed by atoms with E-state index in [9.17, 15) is 4.79 Å². The van der Waals surface area contributed by atoms with Gasteiger partial charge in [0.2, 0.25) is 0 Å². The Morgan fingerprint density at radius 1 is 1.23 bits per heavy atom. The summed E-state index contributed by atoms with van der Waals surface area (Å²) in [4.78, 5) is 18.8. The molecule has 1 N–H and O–H groups in total. The van der Waals surface area contributed by atoms with Gasteiger partial charge in [0.15, 0.2) is 17.3 Å². The van der Waals surface area contributed by atoms with Gasteiger partial charge in [0.25, 0.3) is 5.56 Å². The van der Waals surface area contributed by atoms with Crippen LogP contribution in [0.2, 0.25) is 0 Å². The first kappa shape index (κ1) is 15.3. The predicted octanol–water partition coefficient (Wildman–Crippen LogP) is 0.873. The third kappa shape index (κ3) is 2.59. The summed E-state index contributed by atoms with van der Waals surface area (Å²) in [5.74, 6) is 2.62. The molecular weight excluding hydrogens is 332 g/mol. The summed E-state index contributed by atoms with van der Waals surface area (Å²) in [7, 11) is 0. The molecule has 2 fully saturated rings. The summed E-state index contributed by atoms with van der Waals surface area (Å²) >= 11 is 0. The highest BCUT2D eigenvalue weighted by Gasteiger charge is 2.29. The van der Waals surface area contributed by atoms with Crippen LogP contribution in [0.5, 0.6) is 0 Å². The first-order valence-corrected chi connectivity index (χ1v) is 8.94. The van der Waals surface area contributed by atoms with Gasteiger partial charge in [-0.2, -0.15) is 4.52 Å². The first-order chi connectivity index (χ1) is 12.7. The second-order valence-corrected chi connectivity index (χ2v) is 7.08. The monoisotopic (exact) mass is 352 g/mol. The van der Waals surface area contributed by atoms with Crippen molar-refractivity contribution < 1.29 is 0 Å². The zero-order valence-electron chi connectivity index (χ0n) is 14.5. The molecule has 3 aromatic rings. The van der Waals surface area contributed by atoms with Crippen LogP contribution in [0.15, 0.2) is 29.3 Å². The van der Waals surface area contributed by atoms with Crippen LogP contribution in [-0.2, 0) is 0 Å². The minimum atomic E-state index is -0.0126. The Kier molecular flexibility index (Phi) is 3.41. The van der Waals surface area contributed by atoms with E-state index >= 15 is 0 Å². The Hall–Kier alpha value is -2.97. The number of anilines is 2. The topological polar surface area (TPSA) is 93.2 Å². The smallest absolute Gasteiger partial charge is 0.293 e. The second kappa shape index (κ2) is 5.79. The summed E-state index contributed by atoms with van der Waals surface area (Å²) in [5, 5.41) is 15.9. The van der Waals surface area contributed by atoms with Crippen LogP contribution < -0.4 is 15.8 Å². The maximum atomic E-state index is 12.4. The fraction of sp³-hybridized carbons (Fsp3) is 0.471. The molecule has 3 aromatic heterocycles. The van der Waals surface area contributed by atoms with Crippen molar-refractivity contribution in [3.8, 4) is 0 Å². The van der Waals surface area contributed by atoms with Crippen LogP contribution in [0.25, 0.3) is 5.65 Å². The number of aromatic nitrogens is 6. The van der Waals surface area contributed by atoms with Gasteiger partial charge in [-0.3, -0.25) is 4.79 Å². The van der Waals surface area contributed by atoms with Crippen LogP contribution in [0.4, 0.5) is 11.6 Å². The van der Waals surface area contributed by atoms with Gasteiger partial charge >= 0.3 is 0 Å². The van der Waals surface area contributed by atoms with Gasteiger partial charge in [0, 0.05) is 44.0 Å². The molecule has 0 spiro atoms. The van der Waals surface area contributed by atoms with Crippen molar-refractivity contribution in [2.45, 2.75) is 25.8 Å². The van der Waals surface area contributed by atoms with E-state index in [1.807, 2.05) is 19.1 Å². The molecule has 0 atom stereocenters. The molecule has 0 radical (unpaired) electrons. The minimum absolute atomic E-state index is 0.0126. The van der Waals surface area contributed by atoms with E-state index in [-0.39, 0.29) is 5.56 Å². The van der Waals surface area contributed by atoms with E-state index in [1.54, 1.807) is 21.5 Å². The number of aryl methyl sites for hydroxylation is 1. The minimum Gasteiger partial charge on any atom is -0.365 e. The summed E-state index contributed by atoms with van der Waals surface area (Å²) in [5.41, 5.74) is 0.744. The molecule has 0 amide bonds. The average molecular weight is 352 g/mol. The molecule has 1 saturated heterocycles. The van der Waals surface area contributed by atoms with Crippen molar-refractivity contribution in [3.05, 3.63) is 40.7 Å². The number of hydrogen-bond acceptors (Lipinski definition) is 7. The molecule has 0 bridgehead atoms. The van der Waals surface area contributed by atoms with Gasteiger partial charge in [0.1, 0.15) is 5.82 Å². The van der Waals surface area contributed by atoms with E-state index in [1.165, 1.54) is 0 Å². The van der Waals surface area contributed by atoms with Gasteiger partial charge in [0.05, 0.1) is 0 Å². The lowest BCUT2D eigenvalue weighted by Gasteiger charge is -2.40. The fourth-order valence-corrected chi connectivity index (χ4v) is 3.37. The largest absolute Gasteiger partial charge is 0.365 e. The maximum Gasteiger partial charge on any atom is 0.293 e. The van der Waals surface area contributed by atoms with E-state index in [0.29, 0.717) is 17.8 Å². The van der Waals surface area contributed by atoms with Crippen LogP contribution >= 0.6 is 0 Å². The number of hydrogen-bond donors (Lipinski definition) is 1. The van der Waals surface area contributed by atoms with E-state index in [0.717, 1.165) is 49.8 Å². The first-order valence-electron chi connectivity index (χ1n) is 8.94. The van der Waals surface area contributed by atoms with Gasteiger partial charge in [-0.25, -0.2) is 4.98 Å². The maximum absolute atomic E-state index is 12.4. The Bertz CT molecular complexity index is 1020. The Morgan fingerprint density at radius 3 is 2.88 bits per heavy atom. The highest BCUT2D eigenvalue weighted by Crippen LogP contribution is 2.33. The van der Waals surface area contributed by atoms with Gasteiger partial charge in [-0.05, 0) is 31.9 Å². The van der Waals surface area contributed by atoms with Crippen LogP contribution in [0, 0.1) is 12.8 Å². The molecule has 4 heterocycles. The van der Waals surface area contributed by atoms with Crippen molar-refractivity contribution in [2.24, 2.45) is 5.92 Å².